The highest BCUT2D eigenvalue weighted by Gasteiger charge is 2.17. The predicted molar refractivity (Wildman–Crippen MR) is 137 cm³/mol. The highest BCUT2D eigenvalue weighted by Crippen LogP contribution is 2.19. The lowest BCUT2D eigenvalue weighted by atomic mass is 10.1. The van der Waals surface area contributed by atoms with E-state index in [1.165, 1.54) is 16.5 Å². The summed E-state index contributed by atoms with van der Waals surface area (Å²) in [6.07, 6.45) is 5.92. The van der Waals surface area contributed by atoms with E-state index in [1.807, 2.05) is 6.20 Å². The maximum absolute atomic E-state index is 12.2. The summed E-state index contributed by atoms with van der Waals surface area (Å²) in [4.78, 5) is 7.48. The average molecular weight is 564 g/mol. The number of aryl methyl sites for hydroxylation is 1. The fourth-order valence-electron chi connectivity index (χ4n) is 3.61. The Balaban J connectivity index is 0.00000341. The molecule has 0 amide bonds. The third-order valence-electron chi connectivity index (χ3n) is 5.30. The number of guanidine groups is 1. The molecule has 0 aliphatic carbocycles. The first-order valence-corrected chi connectivity index (χ1v) is 12.2. The predicted octanol–water partition coefficient (Wildman–Crippen LogP) is 2.29. The molecule has 1 aliphatic heterocycles. The second-order valence-electron chi connectivity index (χ2n) is 7.69. The summed E-state index contributed by atoms with van der Waals surface area (Å²) in [6.45, 7) is 4.13. The van der Waals surface area contributed by atoms with Gasteiger partial charge in [0, 0.05) is 50.4 Å². The lowest BCUT2D eigenvalue weighted by Gasteiger charge is -2.22. The Hall–Kier alpha value is -1.37. The zero-order valence-corrected chi connectivity index (χ0v) is 21.4. The molecule has 31 heavy (non-hydrogen) atoms. The van der Waals surface area contributed by atoms with Crippen molar-refractivity contribution in [2.75, 3.05) is 39.0 Å². The monoisotopic (exact) mass is 563 g/mol. The number of aromatic nitrogens is 1. The van der Waals surface area contributed by atoms with Crippen LogP contribution < -0.4 is 15.4 Å². The van der Waals surface area contributed by atoms with Gasteiger partial charge in [-0.3, -0.25) is 4.99 Å². The van der Waals surface area contributed by atoms with E-state index in [4.69, 9.17) is 4.74 Å². The van der Waals surface area contributed by atoms with E-state index in [0.29, 0.717) is 25.7 Å². The van der Waals surface area contributed by atoms with Crippen molar-refractivity contribution in [2.45, 2.75) is 38.7 Å². The number of aliphatic imine (C=N–C) groups is 1. The number of sulfonamides is 1. The SMILES string of the molecule is CN=C(NCCc1c[nH]c2cc(C)ccc12)NCCS(=O)(=O)NCC1CCCCO1.I. The van der Waals surface area contributed by atoms with Gasteiger partial charge in [-0.05, 0) is 49.8 Å². The van der Waals surface area contributed by atoms with Crippen molar-refractivity contribution in [1.29, 1.82) is 0 Å². The quantitative estimate of drug-likeness (QED) is 0.213. The second kappa shape index (κ2) is 12.6. The summed E-state index contributed by atoms with van der Waals surface area (Å²) in [5, 5.41) is 7.54. The minimum atomic E-state index is -3.35. The Morgan fingerprint density at radius 1 is 1.26 bits per heavy atom. The fourth-order valence-corrected chi connectivity index (χ4v) is 4.56. The van der Waals surface area contributed by atoms with Gasteiger partial charge in [-0.1, -0.05) is 12.1 Å². The molecule has 1 fully saturated rings. The molecule has 1 saturated heterocycles. The summed E-state index contributed by atoms with van der Waals surface area (Å²) in [5.74, 6) is 0.582. The van der Waals surface area contributed by atoms with Crippen LogP contribution in [0.15, 0.2) is 29.4 Å². The highest BCUT2D eigenvalue weighted by atomic mass is 127. The van der Waals surface area contributed by atoms with Crippen molar-refractivity contribution in [3.05, 3.63) is 35.5 Å². The Morgan fingerprint density at radius 2 is 2.06 bits per heavy atom. The van der Waals surface area contributed by atoms with Crippen LogP contribution in [0.4, 0.5) is 0 Å². The number of fused-ring (bicyclic) bond motifs is 1. The Labute approximate surface area is 202 Å². The van der Waals surface area contributed by atoms with Gasteiger partial charge in [0.2, 0.25) is 10.0 Å². The van der Waals surface area contributed by atoms with Gasteiger partial charge in [-0.15, -0.1) is 24.0 Å². The summed E-state index contributed by atoms with van der Waals surface area (Å²) < 4.78 is 32.6. The molecule has 1 atom stereocenters. The van der Waals surface area contributed by atoms with Crippen LogP contribution in [0.2, 0.25) is 0 Å². The van der Waals surface area contributed by atoms with Crippen molar-refractivity contribution in [1.82, 2.24) is 20.3 Å². The molecule has 1 aliphatic rings. The normalized spacial score (nSPS) is 17.4. The first-order valence-electron chi connectivity index (χ1n) is 10.6. The standard InChI is InChI=1S/C21H33N5O3S.HI/c1-16-6-7-19-17(14-25-20(19)13-16)8-9-23-21(22-2)24-10-12-30(27,28)26-15-18-5-3-4-11-29-18;/h6-7,13-14,18,25-26H,3-5,8-12,15H2,1-2H3,(H2,22,23,24);1H. The van der Waals surface area contributed by atoms with Gasteiger partial charge in [0.15, 0.2) is 5.96 Å². The maximum atomic E-state index is 12.2. The van der Waals surface area contributed by atoms with Crippen LogP contribution in [0.1, 0.15) is 30.4 Å². The van der Waals surface area contributed by atoms with Crippen LogP contribution in [-0.2, 0) is 21.2 Å². The van der Waals surface area contributed by atoms with E-state index < -0.39 is 10.0 Å². The number of nitrogens with one attached hydrogen (secondary N) is 4. The number of H-pyrrole nitrogens is 1. The molecule has 3 rings (SSSR count). The second-order valence-corrected chi connectivity index (χ2v) is 9.62. The molecule has 0 bridgehead atoms. The van der Waals surface area contributed by atoms with Crippen LogP contribution in [0.5, 0.6) is 0 Å². The molecule has 8 nitrogen and oxygen atoms in total. The number of benzene rings is 1. The van der Waals surface area contributed by atoms with E-state index >= 15 is 0 Å². The van der Waals surface area contributed by atoms with Crippen LogP contribution in [0.3, 0.4) is 0 Å². The van der Waals surface area contributed by atoms with E-state index in [1.54, 1.807) is 7.05 Å². The largest absolute Gasteiger partial charge is 0.377 e. The molecule has 10 heteroatoms. The number of ether oxygens (including phenoxy) is 1. The average Bonchev–Trinajstić information content (AvgIpc) is 3.14. The lowest BCUT2D eigenvalue weighted by molar-refractivity contribution is 0.0200. The number of rotatable bonds is 9. The Bertz CT molecular complexity index is 955. The summed E-state index contributed by atoms with van der Waals surface area (Å²) >= 11 is 0. The molecule has 0 saturated carbocycles. The maximum Gasteiger partial charge on any atom is 0.213 e. The van der Waals surface area contributed by atoms with Gasteiger partial charge in [-0.2, -0.15) is 0 Å². The van der Waals surface area contributed by atoms with Crippen molar-refractivity contribution in [3.8, 4) is 0 Å². The molecule has 2 heterocycles. The summed E-state index contributed by atoms with van der Waals surface area (Å²) in [6, 6.07) is 6.39. The fraction of sp³-hybridized carbons (Fsp3) is 0.571. The Morgan fingerprint density at radius 3 is 2.81 bits per heavy atom. The minimum absolute atomic E-state index is 0. The van der Waals surface area contributed by atoms with Crippen LogP contribution in [0.25, 0.3) is 10.9 Å². The smallest absolute Gasteiger partial charge is 0.213 e. The molecule has 1 aromatic carbocycles. The number of halogens is 1. The van der Waals surface area contributed by atoms with Crippen LogP contribution >= 0.6 is 24.0 Å². The first-order chi connectivity index (χ1) is 14.5. The molecule has 0 radical (unpaired) electrons. The number of aromatic amines is 1. The van der Waals surface area contributed by atoms with Crippen LogP contribution in [-0.4, -0.2) is 64.5 Å². The summed E-state index contributed by atoms with van der Waals surface area (Å²) in [7, 11) is -1.67. The third kappa shape index (κ3) is 8.24. The van der Waals surface area contributed by atoms with Gasteiger partial charge in [0.25, 0.3) is 0 Å². The number of nitrogens with zero attached hydrogens (tertiary/aromatic N) is 1. The molecule has 1 unspecified atom stereocenters. The van der Waals surface area contributed by atoms with Crippen LogP contribution in [0, 0.1) is 6.92 Å². The van der Waals surface area contributed by atoms with E-state index in [0.717, 1.165) is 31.2 Å². The highest BCUT2D eigenvalue weighted by molar-refractivity contribution is 14.0. The van der Waals surface area contributed by atoms with Crippen molar-refractivity contribution >= 4 is 50.9 Å². The number of hydrogen-bond donors (Lipinski definition) is 4. The van der Waals surface area contributed by atoms with Gasteiger partial charge in [0.1, 0.15) is 0 Å². The van der Waals surface area contributed by atoms with Gasteiger partial charge in [-0.25, -0.2) is 13.1 Å². The Kier molecular flexibility index (Phi) is 10.5. The topological polar surface area (TPSA) is 108 Å². The van der Waals surface area contributed by atoms with E-state index in [9.17, 15) is 8.42 Å². The van der Waals surface area contributed by atoms with E-state index in [2.05, 4.69) is 50.5 Å². The van der Waals surface area contributed by atoms with Crippen molar-refractivity contribution in [3.63, 3.8) is 0 Å². The summed E-state index contributed by atoms with van der Waals surface area (Å²) in [5.41, 5.74) is 3.61. The molecular weight excluding hydrogens is 529 g/mol. The molecular formula is C21H34IN5O3S. The van der Waals surface area contributed by atoms with Crippen molar-refractivity contribution in [2.24, 2.45) is 4.99 Å². The molecule has 1 aromatic heterocycles. The third-order valence-corrected chi connectivity index (χ3v) is 6.65. The molecule has 2 aromatic rings. The zero-order valence-electron chi connectivity index (χ0n) is 18.2. The molecule has 4 N–H and O–H groups in total. The zero-order chi connectivity index (χ0) is 21.4. The van der Waals surface area contributed by atoms with Crippen molar-refractivity contribution < 1.29 is 13.2 Å². The first kappa shape index (κ1) is 25.9. The van der Waals surface area contributed by atoms with Gasteiger partial charge >= 0.3 is 0 Å². The molecule has 0 spiro atoms. The lowest BCUT2D eigenvalue weighted by Crippen LogP contribution is -2.43. The molecule has 174 valence electrons. The van der Waals surface area contributed by atoms with Gasteiger partial charge in [0.05, 0.1) is 11.9 Å². The minimum Gasteiger partial charge on any atom is -0.377 e. The number of hydrogen-bond acceptors (Lipinski definition) is 4. The van der Waals surface area contributed by atoms with E-state index in [-0.39, 0.29) is 42.4 Å². The van der Waals surface area contributed by atoms with Gasteiger partial charge < -0.3 is 20.4 Å².